The molecule has 0 radical (unpaired) electrons. The Labute approximate surface area is 136 Å². The normalized spacial score (nSPS) is 13.9. The summed E-state index contributed by atoms with van der Waals surface area (Å²) >= 11 is 4.58. The lowest BCUT2D eigenvalue weighted by molar-refractivity contribution is 0.0939. The van der Waals surface area contributed by atoms with Crippen LogP contribution >= 0.6 is 34.4 Å². The second-order valence-corrected chi connectivity index (χ2v) is 7.65. The molecule has 21 heavy (non-hydrogen) atoms. The van der Waals surface area contributed by atoms with Crippen molar-refractivity contribution < 1.29 is 9.90 Å². The summed E-state index contributed by atoms with van der Waals surface area (Å²) in [5.41, 5.74) is 0.748. The number of amides is 1. The van der Waals surface area contributed by atoms with Gasteiger partial charge in [0.05, 0.1) is 17.2 Å². The average molecular weight is 343 g/mol. The van der Waals surface area contributed by atoms with Crippen LogP contribution in [0.25, 0.3) is 9.88 Å². The summed E-state index contributed by atoms with van der Waals surface area (Å²) in [6.45, 7) is 3.81. The Hall–Kier alpha value is -0.890. The molecule has 2 unspecified atom stereocenters. The standard InChI is InChI=1S/C14H18N2O2S3/c1-8(11(7-17)19-3)15-13(18)12-9(2)16-14(21-12)10-5-4-6-20-10/h4-6,8,11,17H,7H2,1-3H3,(H,15,18). The monoisotopic (exact) mass is 342 g/mol. The van der Waals surface area contributed by atoms with E-state index in [4.69, 9.17) is 0 Å². The molecule has 0 spiro atoms. The fourth-order valence-corrected chi connectivity index (χ4v) is 4.31. The van der Waals surface area contributed by atoms with E-state index in [-0.39, 0.29) is 23.8 Å². The van der Waals surface area contributed by atoms with E-state index in [9.17, 15) is 9.90 Å². The summed E-state index contributed by atoms with van der Waals surface area (Å²) in [6, 6.07) is 3.88. The Kier molecular flexibility index (Phi) is 5.80. The van der Waals surface area contributed by atoms with Crippen molar-refractivity contribution >= 4 is 40.3 Å². The van der Waals surface area contributed by atoms with Crippen LogP contribution in [0.1, 0.15) is 22.3 Å². The number of thiophene rings is 1. The molecule has 2 N–H and O–H groups in total. The van der Waals surface area contributed by atoms with Crippen molar-refractivity contribution in [1.29, 1.82) is 0 Å². The van der Waals surface area contributed by atoms with Gasteiger partial charge in [-0.1, -0.05) is 6.07 Å². The van der Waals surface area contributed by atoms with E-state index < -0.39 is 0 Å². The molecule has 0 saturated heterocycles. The zero-order chi connectivity index (χ0) is 15.4. The number of thiazole rings is 1. The Bertz CT molecular complexity index is 591. The van der Waals surface area contributed by atoms with Crippen LogP contribution in [0.3, 0.4) is 0 Å². The van der Waals surface area contributed by atoms with Gasteiger partial charge < -0.3 is 10.4 Å². The Morgan fingerprint density at radius 1 is 1.57 bits per heavy atom. The number of thioether (sulfide) groups is 1. The van der Waals surface area contributed by atoms with E-state index >= 15 is 0 Å². The van der Waals surface area contributed by atoms with E-state index in [1.165, 1.54) is 11.3 Å². The molecule has 2 rings (SSSR count). The van der Waals surface area contributed by atoms with E-state index in [1.54, 1.807) is 23.1 Å². The SMILES string of the molecule is CSC(CO)C(C)NC(=O)c1sc(-c2cccs2)nc1C. The molecule has 0 saturated carbocycles. The number of aliphatic hydroxyl groups is 1. The van der Waals surface area contributed by atoms with Gasteiger partial charge in [0.2, 0.25) is 0 Å². The predicted molar refractivity (Wildman–Crippen MR) is 91.5 cm³/mol. The van der Waals surface area contributed by atoms with Gasteiger partial charge in [-0.25, -0.2) is 4.98 Å². The first-order valence-electron chi connectivity index (χ1n) is 6.52. The topological polar surface area (TPSA) is 62.2 Å². The fourth-order valence-electron chi connectivity index (χ4n) is 1.91. The molecule has 4 nitrogen and oxygen atoms in total. The summed E-state index contributed by atoms with van der Waals surface area (Å²) in [7, 11) is 0. The summed E-state index contributed by atoms with van der Waals surface area (Å²) in [5, 5.41) is 15.1. The molecule has 2 aromatic rings. The number of nitrogens with one attached hydrogen (secondary N) is 1. The maximum Gasteiger partial charge on any atom is 0.263 e. The quantitative estimate of drug-likeness (QED) is 0.847. The molecule has 7 heteroatoms. The second-order valence-electron chi connectivity index (χ2n) is 4.63. The van der Waals surface area contributed by atoms with Gasteiger partial charge in [-0.05, 0) is 31.5 Å². The summed E-state index contributed by atoms with van der Waals surface area (Å²) in [5.74, 6) is -0.118. The Balaban J connectivity index is 2.13. The van der Waals surface area contributed by atoms with Gasteiger partial charge in [-0.3, -0.25) is 4.79 Å². The van der Waals surface area contributed by atoms with E-state index in [0.29, 0.717) is 4.88 Å². The fraction of sp³-hybridized carbons (Fsp3) is 0.429. The van der Waals surface area contributed by atoms with Gasteiger partial charge in [0.25, 0.3) is 5.91 Å². The molecule has 2 heterocycles. The van der Waals surface area contributed by atoms with E-state index in [2.05, 4.69) is 10.3 Å². The molecule has 114 valence electrons. The average Bonchev–Trinajstić information content (AvgIpc) is 3.08. The minimum atomic E-state index is -0.118. The van der Waals surface area contributed by atoms with Crippen LogP contribution < -0.4 is 5.32 Å². The highest BCUT2D eigenvalue weighted by Crippen LogP contribution is 2.31. The molecule has 0 fully saturated rings. The first kappa shape index (κ1) is 16.5. The highest BCUT2D eigenvalue weighted by atomic mass is 32.2. The van der Waals surface area contributed by atoms with Gasteiger partial charge in [0.15, 0.2) is 0 Å². The van der Waals surface area contributed by atoms with Gasteiger partial charge in [0.1, 0.15) is 9.88 Å². The van der Waals surface area contributed by atoms with Crippen LogP contribution in [0.4, 0.5) is 0 Å². The van der Waals surface area contributed by atoms with Crippen molar-refractivity contribution in [3.05, 3.63) is 28.1 Å². The number of hydrogen-bond donors (Lipinski definition) is 2. The molecule has 2 aromatic heterocycles. The first-order valence-corrected chi connectivity index (χ1v) is 9.51. The molecule has 0 aliphatic heterocycles. The number of nitrogens with zero attached hydrogens (tertiary/aromatic N) is 1. The van der Waals surface area contributed by atoms with Gasteiger partial charge in [0, 0.05) is 11.3 Å². The number of aromatic nitrogens is 1. The molecule has 0 aromatic carbocycles. The predicted octanol–water partition coefficient (Wildman–Crippen LogP) is 3.02. The number of rotatable bonds is 6. The third-order valence-electron chi connectivity index (χ3n) is 3.13. The molecule has 0 aliphatic carbocycles. The van der Waals surface area contributed by atoms with Crippen molar-refractivity contribution in [2.24, 2.45) is 0 Å². The summed E-state index contributed by atoms with van der Waals surface area (Å²) < 4.78 is 0. The number of carbonyl (C=O) groups is 1. The summed E-state index contributed by atoms with van der Waals surface area (Å²) in [4.78, 5) is 18.6. The lowest BCUT2D eigenvalue weighted by Crippen LogP contribution is -2.41. The molecule has 0 bridgehead atoms. The minimum absolute atomic E-state index is 0.000978. The zero-order valence-electron chi connectivity index (χ0n) is 12.1. The number of carbonyl (C=O) groups excluding carboxylic acids is 1. The first-order chi connectivity index (χ1) is 10.1. The largest absolute Gasteiger partial charge is 0.395 e. The van der Waals surface area contributed by atoms with Gasteiger partial charge in [-0.2, -0.15) is 11.8 Å². The van der Waals surface area contributed by atoms with Crippen molar-refractivity contribution in [3.63, 3.8) is 0 Å². The number of aliphatic hydroxyl groups excluding tert-OH is 1. The van der Waals surface area contributed by atoms with Crippen LogP contribution in [0.15, 0.2) is 17.5 Å². The zero-order valence-corrected chi connectivity index (χ0v) is 14.6. The lowest BCUT2D eigenvalue weighted by atomic mass is 10.2. The van der Waals surface area contributed by atoms with Crippen LogP contribution in [0, 0.1) is 6.92 Å². The van der Waals surface area contributed by atoms with Crippen LogP contribution in [0.2, 0.25) is 0 Å². The Morgan fingerprint density at radius 3 is 2.90 bits per heavy atom. The molecule has 2 atom stereocenters. The van der Waals surface area contributed by atoms with Crippen molar-refractivity contribution in [1.82, 2.24) is 10.3 Å². The number of aryl methyl sites for hydroxylation is 1. The number of hydrogen-bond acceptors (Lipinski definition) is 6. The minimum Gasteiger partial charge on any atom is -0.395 e. The summed E-state index contributed by atoms with van der Waals surface area (Å²) in [6.07, 6.45) is 1.93. The maximum absolute atomic E-state index is 12.4. The maximum atomic E-state index is 12.4. The third kappa shape index (κ3) is 3.85. The Morgan fingerprint density at radius 2 is 2.33 bits per heavy atom. The van der Waals surface area contributed by atoms with E-state index in [0.717, 1.165) is 15.6 Å². The van der Waals surface area contributed by atoms with Crippen molar-refractivity contribution in [3.8, 4) is 9.88 Å². The highest BCUT2D eigenvalue weighted by molar-refractivity contribution is 7.99. The van der Waals surface area contributed by atoms with Gasteiger partial charge in [-0.15, -0.1) is 22.7 Å². The lowest BCUT2D eigenvalue weighted by Gasteiger charge is -2.20. The molecular formula is C14H18N2O2S3. The third-order valence-corrected chi connectivity index (χ3v) is 6.49. The second kappa shape index (κ2) is 7.40. The van der Waals surface area contributed by atoms with Crippen molar-refractivity contribution in [2.45, 2.75) is 25.1 Å². The highest BCUT2D eigenvalue weighted by Gasteiger charge is 2.21. The molecular weight excluding hydrogens is 324 g/mol. The van der Waals surface area contributed by atoms with Gasteiger partial charge >= 0.3 is 0 Å². The smallest absolute Gasteiger partial charge is 0.263 e. The van der Waals surface area contributed by atoms with Crippen LogP contribution in [-0.2, 0) is 0 Å². The van der Waals surface area contributed by atoms with Crippen LogP contribution in [-0.4, -0.2) is 40.2 Å². The van der Waals surface area contributed by atoms with Crippen LogP contribution in [0.5, 0.6) is 0 Å². The molecule has 1 amide bonds. The van der Waals surface area contributed by atoms with E-state index in [1.807, 2.05) is 37.6 Å². The van der Waals surface area contributed by atoms with Crippen molar-refractivity contribution in [2.75, 3.05) is 12.9 Å². The molecule has 0 aliphatic rings.